The topological polar surface area (TPSA) is 71.6 Å². The molecule has 2 aliphatic heterocycles. The number of halogens is 1. The van der Waals surface area contributed by atoms with Gasteiger partial charge in [-0.2, -0.15) is 0 Å². The summed E-state index contributed by atoms with van der Waals surface area (Å²) in [7, 11) is 2.00. The molecule has 4 aromatic rings. The number of hydrogen-bond acceptors (Lipinski definition) is 4. The molecular formula is C23H18FN5O2. The Hall–Kier alpha value is -3.78. The molecule has 6 rings (SSSR count). The smallest absolute Gasteiger partial charge is 0.261 e. The molecule has 1 aromatic carbocycles. The van der Waals surface area contributed by atoms with E-state index in [1.807, 2.05) is 31.4 Å². The SMILES string of the molecule is CN1CCn2cc(C3=C(c4cnc5ccccn45)C(=O)NC3=O)c3cc(F)cc(c32)C1. The number of benzene rings is 1. The second kappa shape index (κ2) is 6.36. The van der Waals surface area contributed by atoms with E-state index >= 15 is 0 Å². The molecule has 0 aliphatic carbocycles. The van der Waals surface area contributed by atoms with Gasteiger partial charge in [0.15, 0.2) is 0 Å². The molecule has 0 saturated heterocycles. The normalized spacial score (nSPS) is 17.1. The molecule has 8 heteroatoms. The number of imide groups is 1. The largest absolute Gasteiger partial charge is 0.345 e. The van der Waals surface area contributed by atoms with Gasteiger partial charge < -0.3 is 9.47 Å². The van der Waals surface area contributed by atoms with Crippen LogP contribution >= 0.6 is 0 Å². The number of fused-ring (bicyclic) bond motifs is 1. The Morgan fingerprint density at radius 3 is 2.81 bits per heavy atom. The van der Waals surface area contributed by atoms with Crippen LogP contribution < -0.4 is 5.32 Å². The maximum absolute atomic E-state index is 14.6. The van der Waals surface area contributed by atoms with Gasteiger partial charge in [0.05, 0.1) is 28.6 Å². The number of pyridine rings is 1. The number of nitrogens with one attached hydrogen (secondary N) is 1. The fraction of sp³-hybridized carbons (Fsp3) is 0.174. The van der Waals surface area contributed by atoms with E-state index < -0.39 is 11.8 Å². The van der Waals surface area contributed by atoms with Crippen LogP contribution in [-0.4, -0.2) is 44.3 Å². The van der Waals surface area contributed by atoms with Crippen LogP contribution in [0.5, 0.6) is 0 Å². The number of aromatic nitrogens is 3. The average Bonchev–Trinajstić information content (AvgIpc) is 3.35. The molecule has 5 heterocycles. The lowest BCUT2D eigenvalue weighted by atomic mass is 9.98. The van der Waals surface area contributed by atoms with E-state index in [1.165, 1.54) is 6.07 Å². The van der Waals surface area contributed by atoms with Crippen molar-refractivity contribution in [3.8, 4) is 0 Å². The van der Waals surface area contributed by atoms with E-state index in [4.69, 9.17) is 0 Å². The van der Waals surface area contributed by atoms with Crippen LogP contribution in [0.25, 0.3) is 27.7 Å². The van der Waals surface area contributed by atoms with Crippen LogP contribution in [0.2, 0.25) is 0 Å². The van der Waals surface area contributed by atoms with Gasteiger partial charge in [-0.05, 0) is 36.9 Å². The van der Waals surface area contributed by atoms with Gasteiger partial charge in [-0.1, -0.05) is 6.07 Å². The van der Waals surface area contributed by atoms with Crippen molar-refractivity contribution in [2.45, 2.75) is 13.1 Å². The summed E-state index contributed by atoms with van der Waals surface area (Å²) in [5, 5.41) is 3.06. The predicted octanol–water partition coefficient (Wildman–Crippen LogP) is 2.44. The Bertz CT molecular complexity index is 1460. The number of amides is 2. The van der Waals surface area contributed by atoms with E-state index in [1.54, 1.807) is 22.9 Å². The Balaban J connectivity index is 1.68. The van der Waals surface area contributed by atoms with Gasteiger partial charge in [0.1, 0.15) is 11.5 Å². The van der Waals surface area contributed by atoms with Crippen molar-refractivity contribution in [2.24, 2.45) is 0 Å². The molecule has 3 aromatic heterocycles. The average molecular weight is 415 g/mol. The van der Waals surface area contributed by atoms with E-state index in [2.05, 4.69) is 19.8 Å². The molecule has 2 aliphatic rings. The van der Waals surface area contributed by atoms with E-state index in [0.717, 1.165) is 17.6 Å². The number of carbonyl (C=O) groups excluding carboxylic acids is 2. The summed E-state index contributed by atoms with van der Waals surface area (Å²) < 4.78 is 18.4. The number of nitrogens with zero attached hydrogens (tertiary/aromatic N) is 4. The highest BCUT2D eigenvalue weighted by molar-refractivity contribution is 6.49. The van der Waals surface area contributed by atoms with Crippen molar-refractivity contribution in [3.63, 3.8) is 0 Å². The predicted molar refractivity (Wildman–Crippen MR) is 113 cm³/mol. The molecule has 31 heavy (non-hydrogen) atoms. The zero-order valence-electron chi connectivity index (χ0n) is 16.7. The highest BCUT2D eigenvalue weighted by Gasteiger charge is 2.36. The van der Waals surface area contributed by atoms with Crippen molar-refractivity contribution in [1.82, 2.24) is 24.2 Å². The van der Waals surface area contributed by atoms with Crippen molar-refractivity contribution >= 4 is 39.5 Å². The van der Waals surface area contributed by atoms with Gasteiger partial charge in [-0.3, -0.25) is 19.3 Å². The summed E-state index contributed by atoms with van der Waals surface area (Å²) >= 11 is 0. The fourth-order valence-corrected chi connectivity index (χ4v) is 4.71. The lowest BCUT2D eigenvalue weighted by molar-refractivity contribution is -0.122. The first-order valence-electron chi connectivity index (χ1n) is 10.0. The number of rotatable bonds is 2. The first-order chi connectivity index (χ1) is 15.0. The third-order valence-corrected chi connectivity index (χ3v) is 6.05. The molecule has 1 N–H and O–H groups in total. The lowest BCUT2D eigenvalue weighted by Crippen LogP contribution is -2.23. The molecule has 2 amide bonds. The molecule has 0 bridgehead atoms. The Kier molecular flexibility index (Phi) is 3.70. The minimum absolute atomic E-state index is 0.253. The monoisotopic (exact) mass is 415 g/mol. The Morgan fingerprint density at radius 2 is 1.94 bits per heavy atom. The first-order valence-corrected chi connectivity index (χ1v) is 10.0. The molecule has 0 unspecified atom stereocenters. The maximum Gasteiger partial charge on any atom is 0.261 e. The summed E-state index contributed by atoms with van der Waals surface area (Å²) in [5.74, 6) is -1.32. The van der Waals surface area contributed by atoms with Gasteiger partial charge in [0.2, 0.25) is 0 Å². The highest BCUT2D eigenvalue weighted by Crippen LogP contribution is 2.38. The second-order valence-electron chi connectivity index (χ2n) is 8.04. The number of hydrogen-bond donors (Lipinski definition) is 1. The number of imidazole rings is 1. The number of likely N-dealkylation sites (N-methyl/N-ethyl adjacent to an activating group) is 1. The van der Waals surface area contributed by atoms with Gasteiger partial charge in [-0.15, -0.1) is 0 Å². The zero-order valence-corrected chi connectivity index (χ0v) is 16.7. The highest BCUT2D eigenvalue weighted by atomic mass is 19.1. The van der Waals surface area contributed by atoms with Crippen molar-refractivity contribution < 1.29 is 14.0 Å². The van der Waals surface area contributed by atoms with Crippen molar-refractivity contribution in [3.05, 3.63) is 71.6 Å². The van der Waals surface area contributed by atoms with E-state index in [-0.39, 0.29) is 17.0 Å². The fourth-order valence-electron chi connectivity index (χ4n) is 4.71. The van der Waals surface area contributed by atoms with Crippen molar-refractivity contribution in [2.75, 3.05) is 13.6 Å². The standard InChI is InChI=1S/C23H18FN5O2/c1-27-6-7-28-12-16(15-9-14(24)8-13(11-27)21(15)28)19-20(23(31)26-22(19)30)17-10-25-18-4-2-3-5-29(17)18/h2-5,8-10,12H,6-7,11H2,1H3,(H,26,30,31). The van der Waals surface area contributed by atoms with Gasteiger partial charge in [0, 0.05) is 43.0 Å². The molecule has 154 valence electrons. The molecule has 0 atom stereocenters. The molecular weight excluding hydrogens is 397 g/mol. The first kappa shape index (κ1) is 18.0. The molecule has 7 nitrogen and oxygen atoms in total. The van der Waals surface area contributed by atoms with Crippen LogP contribution in [0.3, 0.4) is 0 Å². The van der Waals surface area contributed by atoms with Gasteiger partial charge in [-0.25, -0.2) is 9.37 Å². The van der Waals surface area contributed by atoms with E-state index in [0.29, 0.717) is 35.4 Å². The molecule has 0 fully saturated rings. The summed E-state index contributed by atoms with van der Waals surface area (Å²) in [5.41, 5.74) is 4.03. The van der Waals surface area contributed by atoms with Crippen LogP contribution in [0.1, 0.15) is 16.8 Å². The Morgan fingerprint density at radius 1 is 1.10 bits per heavy atom. The zero-order chi connectivity index (χ0) is 21.3. The Labute approximate surface area is 176 Å². The second-order valence-corrected chi connectivity index (χ2v) is 8.04. The third kappa shape index (κ3) is 2.58. The molecule has 0 saturated carbocycles. The summed E-state index contributed by atoms with van der Waals surface area (Å²) in [4.78, 5) is 32.3. The number of carbonyl (C=O) groups is 2. The quantitative estimate of drug-likeness (QED) is 0.511. The van der Waals surface area contributed by atoms with Crippen molar-refractivity contribution in [1.29, 1.82) is 0 Å². The van der Waals surface area contributed by atoms with Crippen LogP contribution in [0.4, 0.5) is 4.39 Å². The molecule has 0 spiro atoms. The summed E-state index contributed by atoms with van der Waals surface area (Å²) in [6.45, 7) is 2.12. The van der Waals surface area contributed by atoms with Gasteiger partial charge in [0.25, 0.3) is 11.8 Å². The van der Waals surface area contributed by atoms with E-state index in [9.17, 15) is 14.0 Å². The summed E-state index contributed by atoms with van der Waals surface area (Å²) in [6, 6.07) is 8.52. The van der Waals surface area contributed by atoms with Gasteiger partial charge >= 0.3 is 0 Å². The summed E-state index contributed by atoms with van der Waals surface area (Å²) in [6.07, 6.45) is 5.25. The molecule has 0 radical (unpaired) electrons. The van der Waals surface area contributed by atoms with Crippen LogP contribution in [-0.2, 0) is 22.7 Å². The third-order valence-electron chi connectivity index (χ3n) is 6.05. The minimum atomic E-state index is -0.482. The maximum atomic E-state index is 14.6. The van der Waals surface area contributed by atoms with Crippen LogP contribution in [0.15, 0.2) is 48.9 Å². The minimum Gasteiger partial charge on any atom is -0.345 e. The van der Waals surface area contributed by atoms with Crippen LogP contribution in [0, 0.1) is 5.82 Å². The lowest BCUT2D eigenvalue weighted by Gasteiger charge is -2.13.